The number of hydrogen-bond acceptors (Lipinski definition) is 3. The summed E-state index contributed by atoms with van der Waals surface area (Å²) in [5.41, 5.74) is 0.900. The summed E-state index contributed by atoms with van der Waals surface area (Å²) in [6.45, 7) is 0.948. The SMILES string of the molecule is O=Cc1ccc2c(c1)C(=O)NCCO2. The third-order valence-electron chi connectivity index (χ3n) is 2.03. The third kappa shape index (κ3) is 1.46. The average Bonchev–Trinajstić information content (AvgIpc) is 2.40. The van der Waals surface area contributed by atoms with Crippen LogP contribution in [0.2, 0.25) is 0 Å². The molecule has 0 spiro atoms. The number of nitrogens with one attached hydrogen (secondary N) is 1. The van der Waals surface area contributed by atoms with Crippen molar-refractivity contribution in [2.24, 2.45) is 0 Å². The number of carbonyl (C=O) groups excluding carboxylic acids is 2. The molecule has 0 saturated heterocycles. The van der Waals surface area contributed by atoms with Crippen molar-refractivity contribution in [3.8, 4) is 5.75 Å². The van der Waals surface area contributed by atoms with Crippen LogP contribution in [0.15, 0.2) is 18.2 Å². The molecule has 1 heterocycles. The van der Waals surface area contributed by atoms with E-state index in [0.29, 0.717) is 36.3 Å². The van der Waals surface area contributed by atoms with Gasteiger partial charge < -0.3 is 10.1 Å². The molecular weight excluding hydrogens is 182 g/mol. The molecule has 1 aliphatic heterocycles. The summed E-state index contributed by atoms with van der Waals surface area (Å²) in [6.07, 6.45) is 0.707. The zero-order valence-electron chi connectivity index (χ0n) is 7.45. The fourth-order valence-corrected chi connectivity index (χ4v) is 1.34. The standard InChI is InChI=1S/C10H9NO3/c12-6-7-1-2-9-8(5-7)10(13)11-3-4-14-9/h1-2,5-6H,3-4H2,(H,11,13). The van der Waals surface area contributed by atoms with Crippen molar-refractivity contribution >= 4 is 12.2 Å². The van der Waals surface area contributed by atoms with Crippen molar-refractivity contribution in [1.82, 2.24) is 5.32 Å². The normalized spacial score (nSPS) is 14.7. The van der Waals surface area contributed by atoms with Crippen LogP contribution in [0.1, 0.15) is 20.7 Å². The molecule has 0 atom stereocenters. The van der Waals surface area contributed by atoms with E-state index in [1.54, 1.807) is 12.1 Å². The van der Waals surface area contributed by atoms with Gasteiger partial charge in [0.1, 0.15) is 18.6 Å². The van der Waals surface area contributed by atoms with Gasteiger partial charge in [-0.15, -0.1) is 0 Å². The Labute approximate surface area is 80.9 Å². The molecule has 72 valence electrons. The number of aldehydes is 1. The molecule has 0 unspecified atom stereocenters. The van der Waals surface area contributed by atoms with Crippen LogP contribution in [0.3, 0.4) is 0 Å². The van der Waals surface area contributed by atoms with Gasteiger partial charge >= 0.3 is 0 Å². The van der Waals surface area contributed by atoms with Crippen LogP contribution in [-0.2, 0) is 0 Å². The first kappa shape index (κ1) is 8.74. The Morgan fingerprint density at radius 2 is 2.29 bits per heavy atom. The van der Waals surface area contributed by atoms with Crippen molar-refractivity contribution in [3.63, 3.8) is 0 Å². The summed E-state index contributed by atoms with van der Waals surface area (Å²) in [7, 11) is 0. The van der Waals surface area contributed by atoms with E-state index in [4.69, 9.17) is 4.74 Å². The molecule has 1 aromatic carbocycles. The Balaban J connectivity index is 2.49. The van der Waals surface area contributed by atoms with Gasteiger partial charge in [-0.25, -0.2) is 0 Å². The Morgan fingerprint density at radius 3 is 3.07 bits per heavy atom. The maximum Gasteiger partial charge on any atom is 0.255 e. The Kier molecular flexibility index (Phi) is 2.18. The van der Waals surface area contributed by atoms with Crippen molar-refractivity contribution in [2.45, 2.75) is 0 Å². The van der Waals surface area contributed by atoms with Gasteiger partial charge in [0.25, 0.3) is 5.91 Å². The van der Waals surface area contributed by atoms with E-state index < -0.39 is 0 Å². The molecule has 4 nitrogen and oxygen atoms in total. The van der Waals surface area contributed by atoms with Gasteiger partial charge in [0.15, 0.2) is 0 Å². The molecule has 1 aromatic rings. The van der Waals surface area contributed by atoms with Crippen LogP contribution in [-0.4, -0.2) is 25.3 Å². The van der Waals surface area contributed by atoms with Gasteiger partial charge in [-0.3, -0.25) is 9.59 Å². The number of amides is 1. The predicted octanol–water partition coefficient (Wildman–Crippen LogP) is 0.621. The first-order chi connectivity index (χ1) is 6.81. The minimum Gasteiger partial charge on any atom is -0.491 e. The smallest absolute Gasteiger partial charge is 0.255 e. The molecule has 0 radical (unpaired) electrons. The zero-order valence-corrected chi connectivity index (χ0v) is 7.45. The fraction of sp³-hybridized carbons (Fsp3) is 0.200. The minimum atomic E-state index is -0.193. The van der Waals surface area contributed by atoms with E-state index in [0.717, 1.165) is 0 Å². The average molecular weight is 191 g/mol. The molecular formula is C10H9NO3. The summed E-state index contributed by atoms with van der Waals surface area (Å²) >= 11 is 0. The molecule has 14 heavy (non-hydrogen) atoms. The summed E-state index contributed by atoms with van der Waals surface area (Å²) in [4.78, 5) is 22.0. The number of ether oxygens (including phenoxy) is 1. The first-order valence-electron chi connectivity index (χ1n) is 4.31. The molecule has 1 amide bonds. The highest BCUT2D eigenvalue weighted by Crippen LogP contribution is 2.20. The van der Waals surface area contributed by atoms with Gasteiger partial charge in [-0.1, -0.05) is 0 Å². The van der Waals surface area contributed by atoms with Crippen LogP contribution < -0.4 is 10.1 Å². The maximum absolute atomic E-state index is 11.5. The highest BCUT2D eigenvalue weighted by Gasteiger charge is 2.16. The maximum atomic E-state index is 11.5. The monoisotopic (exact) mass is 191 g/mol. The lowest BCUT2D eigenvalue weighted by Gasteiger charge is -2.04. The molecule has 4 heteroatoms. The number of carbonyl (C=O) groups is 2. The van der Waals surface area contributed by atoms with Gasteiger partial charge in [0.2, 0.25) is 0 Å². The highest BCUT2D eigenvalue weighted by atomic mass is 16.5. The topological polar surface area (TPSA) is 55.4 Å². The van der Waals surface area contributed by atoms with Gasteiger partial charge in [-0.05, 0) is 18.2 Å². The van der Waals surface area contributed by atoms with Crippen LogP contribution in [0.4, 0.5) is 0 Å². The van der Waals surface area contributed by atoms with E-state index >= 15 is 0 Å². The van der Waals surface area contributed by atoms with E-state index in [-0.39, 0.29) is 5.91 Å². The summed E-state index contributed by atoms with van der Waals surface area (Å²) in [5.74, 6) is 0.340. The Bertz CT molecular complexity index is 387. The van der Waals surface area contributed by atoms with Crippen LogP contribution in [0, 0.1) is 0 Å². The number of fused-ring (bicyclic) bond motifs is 1. The predicted molar refractivity (Wildman–Crippen MR) is 49.7 cm³/mol. The van der Waals surface area contributed by atoms with E-state index in [1.807, 2.05) is 0 Å². The van der Waals surface area contributed by atoms with Crippen LogP contribution in [0.25, 0.3) is 0 Å². The molecule has 1 N–H and O–H groups in total. The molecule has 0 fully saturated rings. The van der Waals surface area contributed by atoms with Gasteiger partial charge in [-0.2, -0.15) is 0 Å². The zero-order chi connectivity index (χ0) is 9.97. The second-order valence-electron chi connectivity index (χ2n) is 2.98. The van der Waals surface area contributed by atoms with E-state index in [2.05, 4.69) is 5.32 Å². The number of hydrogen-bond donors (Lipinski definition) is 1. The first-order valence-corrected chi connectivity index (χ1v) is 4.31. The number of benzene rings is 1. The third-order valence-corrected chi connectivity index (χ3v) is 2.03. The van der Waals surface area contributed by atoms with Crippen molar-refractivity contribution in [2.75, 3.05) is 13.2 Å². The van der Waals surface area contributed by atoms with Gasteiger partial charge in [0, 0.05) is 5.56 Å². The Morgan fingerprint density at radius 1 is 1.43 bits per heavy atom. The van der Waals surface area contributed by atoms with Crippen molar-refractivity contribution < 1.29 is 14.3 Å². The molecule has 1 aliphatic rings. The molecule has 0 aromatic heterocycles. The van der Waals surface area contributed by atoms with Gasteiger partial charge in [0.05, 0.1) is 12.1 Å². The lowest BCUT2D eigenvalue weighted by atomic mass is 10.1. The number of rotatable bonds is 1. The summed E-state index contributed by atoms with van der Waals surface area (Å²) in [5, 5.41) is 2.67. The minimum absolute atomic E-state index is 0.193. The molecule has 2 rings (SSSR count). The molecule has 0 aliphatic carbocycles. The largest absolute Gasteiger partial charge is 0.491 e. The van der Waals surface area contributed by atoms with Crippen LogP contribution >= 0.6 is 0 Å². The summed E-state index contributed by atoms with van der Waals surface area (Å²) < 4.78 is 5.32. The lowest BCUT2D eigenvalue weighted by Crippen LogP contribution is -2.24. The van der Waals surface area contributed by atoms with E-state index in [1.165, 1.54) is 6.07 Å². The van der Waals surface area contributed by atoms with E-state index in [9.17, 15) is 9.59 Å². The Hall–Kier alpha value is -1.84. The van der Waals surface area contributed by atoms with Crippen molar-refractivity contribution in [1.29, 1.82) is 0 Å². The lowest BCUT2D eigenvalue weighted by molar-refractivity contribution is 0.0957. The molecule has 0 saturated carbocycles. The molecule has 0 bridgehead atoms. The quantitative estimate of drug-likeness (QED) is 0.662. The van der Waals surface area contributed by atoms with Crippen molar-refractivity contribution in [3.05, 3.63) is 29.3 Å². The fourth-order valence-electron chi connectivity index (χ4n) is 1.34. The second-order valence-corrected chi connectivity index (χ2v) is 2.98. The highest BCUT2D eigenvalue weighted by molar-refractivity contribution is 5.98. The summed E-state index contributed by atoms with van der Waals surface area (Å²) in [6, 6.07) is 4.80. The van der Waals surface area contributed by atoms with Crippen LogP contribution in [0.5, 0.6) is 5.75 Å². The second kappa shape index (κ2) is 3.49.